The molecule has 0 bridgehead atoms. The molecule has 4 atom stereocenters. The number of likely N-dealkylation sites (tertiary alicyclic amines) is 2. The lowest BCUT2D eigenvalue weighted by molar-refractivity contribution is -0.193. The first-order valence-electron chi connectivity index (χ1n) is 23.1. The van der Waals surface area contributed by atoms with Crippen LogP contribution in [0.5, 0.6) is 0 Å². The van der Waals surface area contributed by atoms with E-state index in [2.05, 4.69) is 25.8 Å². The molecule has 2 aliphatic heterocycles. The third-order valence-corrected chi connectivity index (χ3v) is 11.5. The molecule has 2 aromatic carbocycles. The van der Waals surface area contributed by atoms with Gasteiger partial charge in [0.1, 0.15) is 17.2 Å². The highest BCUT2D eigenvalue weighted by molar-refractivity contribution is 5.81. The number of carbonyl (C=O) groups is 5. The van der Waals surface area contributed by atoms with Crippen molar-refractivity contribution in [2.75, 3.05) is 39.3 Å². The Labute approximate surface area is 404 Å². The second kappa shape index (κ2) is 28.7. The fourth-order valence-electron chi connectivity index (χ4n) is 7.59. The van der Waals surface area contributed by atoms with Gasteiger partial charge in [-0.25, -0.2) is 23.2 Å². The number of aliphatic carboxylic acids is 2. The molecule has 14 nitrogen and oxygen atoms in total. The van der Waals surface area contributed by atoms with Gasteiger partial charge in [0.25, 0.3) is 0 Å². The summed E-state index contributed by atoms with van der Waals surface area (Å²) in [6.45, 7) is 10.6. The van der Waals surface area contributed by atoms with E-state index in [0.29, 0.717) is 49.0 Å². The van der Waals surface area contributed by atoms with E-state index >= 15 is 0 Å². The predicted octanol–water partition coefficient (Wildman–Crippen LogP) is 7.62. The summed E-state index contributed by atoms with van der Waals surface area (Å²) >= 11 is 0. The van der Waals surface area contributed by atoms with Crippen molar-refractivity contribution in [2.24, 2.45) is 17.6 Å². The quantitative estimate of drug-likeness (QED) is 0.0851. The van der Waals surface area contributed by atoms with Crippen molar-refractivity contribution >= 4 is 29.8 Å². The average molecular weight is 1010 g/mol. The van der Waals surface area contributed by atoms with E-state index in [1.165, 1.54) is 18.6 Å². The van der Waals surface area contributed by atoms with Crippen LogP contribution >= 0.6 is 0 Å². The number of benzene rings is 2. The van der Waals surface area contributed by atoms with Gasteiger partial charge in [0.05, 0.1) is 0 Å². The van der Waals surface area contributed by atoms with Crippen LogP contribution in [0.3, 0.4) is 0 Å². The topological polar surface area (TPSA) is 204 Å². The van der Waals surface area contributed by atoms with Crippen LogP contribution < -0.4 is 21.7 Å². The molecule has 2 heterocycles. The minimum absolute atomic E-state index is 0. The zero-order chi connectivity index (χ0) is 51.5. The number of nitrogens with two attached hydrogens (primary N) is 1. The number of carboxylic acids is 2. The van der Waals surface area contributed by atoms with Crippen molar-refractivity contribution in [3.63, 3.8) is 0 Å². The third-order valence-electron chi connectivity index (χ3n) is 11.5. The molecule has 2 saturated heterocycles. The molecule has 0 unspecified atom stereocenters. The van der Waals surface area contributed by atoms with E-state index in [1.54, 1.807) is 24.3 Å². The van der Waals surface area contributed by atoms with Crippen molar-refractivity contribution < 1.29 is 74.0 Å². The maximum atomic E-state index is 14.2. The van der Waals surface area contributed by atoms with Crippen LogP contribution in [0.15, 0.2) is 48.5 Å². The largest absolute Gasteiger partial charge is 0.490 e. The molecule has 0 aromatic heterocycles. The molecular weight excluding hydrogens is 941 g/mol. The molecule has 396 valence electrons. The molecule has 6 rings (SSSR count). The van der Waals surface area contributed by atoms with Gasteiger partial charge >= 0.3 is 30.4 Å². The van der Waals surface area contributed by atoms with E-state index in [4.69, 9.17) is 30.3 Å². The zero-order valence-electron chi connectivity index (χ0n) is 39.2. The molecule has 0 radical (unpaired) electrons. The number of ether oxygens (including phenoxy) is 1. The number of nitrogens with one attached hydrogen (secondary N) is 3. The van der Waals surface area contributed by atoms with Crippen molar-refractivity contribution in [2.45, 2.75) is 147 Å². The van der Waals surface area contributed by atoms with E-state index < -0.39 is 36.0 Å². The second-order valence-electron chi connectivity index (χ2n) is 18.6. The predicted molar refractivity (Wildman–Crippen MR) is 245 cm³/mol. The molecular formula is C48H70F8N6O8. The van der Waals surface area contributed by atoms with Gasteiger partial charge in [-0.1, -0.05) is 43.8 Å². The number of nitrogens with zero attached hydrogens (tertiary/aromatic N) is 2. The molecule has 2 aliphatic carbocycles. The van der Waals surface area contributed by atoms with Gasteiger partial charge in [-0.05, 0) is 141 Å². The first-order chi connectivity index (χ1) is 32.2. The molecule has 22 heteroatoms. The molecule has 4 aliphatic rings. The van der Waals surface area contributed by atoms with Gasteiger partial charge in [0, 0.05) is 55.6 Å². The lowest BCUT2D eigenvalue weighted by Gasteiger charge is -2.28. The Bertz CT molecular complexity index is 1940. The molecule has 70 heavy (non-hydrogen) atoms. The van der Waals surface area contributed by atoms with Gasteiger partial charge in [0.15, 0.2) is 0 Å². The van der Waals surface area contributed by atoms with Gasteiger partial charge < -0.3 is 36.6 Å². The highest BCUT2D eigenvalue weighted by atomic mass is 19.4. The maximum Gasteiger partial charge on any atom is 0.490 e. The van der Waals surface area contributed by atoms with Gasteiger partial charge in [-0.15, -0.1) is 0 Å². The number of carboxylic acid groups (broad SMARTS) is 2. The van der Waals surface area contributed by atoms with E-state index in [0.717, 1.165) is 84.1 Å². The molecule has 2 saturated carbocycles. The average Bonchev–Trinajstić information content (AvgIpc) is 4.19. The van der Waals surface area contributed by atoms with Crippen LogP contribution in [-0.4, -0.2) is 131 Å². The summed E-state index contributed by atoms with van der Waals surface area (Å²) < 4.78 is 96.8. The standard InChI is InChI=1S/C24H36FN3O3.C19H28FN3O.2C2HF3O2.CH4/c1-24(2,3)31-23(30)27-19(15-18-7-4-5-9-21(18)25)12-14-28-13-6-8-20(28)16-26-22(29)17-10-11-17;20-18-6-2-1-4-15(18)12-16(21)9-11-23-10-3-5-17(23)13-22-19(24)14-7-8-14;2*3-2(4,5)1(6)7;/h4-5,7,9,17,19-20H,6,8,10-16H2,1-3H3,(H,26,29)(H,27,30);1-2,4,6,14,16-17H,3,5,7-13,21H2,(H,22,24);2*(H,6,7);1H4/t19-,20-;16-,17-;;;/m00.../s1. The first-order valence-corrected chi connectivity index (χ1v) is 23.1. The van der Waals surface area contributed by atoms with Gasteiger partial charge in [0.2, 0.25) is 11.8 Å². The molecule has 4 fully saturated rings. The Hall–Kier alpha value is -5.09. The van der Waals surface area contributed by atoms with Gasteiger partial charge in [-0.2, -0.15) is 26.3 Å². The van der Waals surface area contributed by atoms with E-state index in [9.17, 15) is 49.5 Å². The highest BCUT2D eigenvalue weighted by Crippen LogP contribution is 2.30. The number of carbonyl (C=O) groups excluding carboxylic acids is 3. The number of hydrogen-bond acceptors (Lipinski definition) is 9. The summed E-state index contributed by atoms with van der Waals surface area (Å²) in [4.78, 5) is 58.7. The second-order valence-corrected chi connectivity index (χ2v) is 18.6. The van der Waals surface area contributed by atoms with Crippen LogP contribution in [0.4, 0.5) is 39.9 Å². The summed E-state index contributed by atoms with van der Waals surface area (Å²) in [7, 11) is 0. The van der Waals surface area contributed by atoms with Crippen LogP contribution in [0.25, 0.3) is 0 Å². The fraction of sp³-hybridized carbons (Fsp3) is 0.646. The number of alkyl halides is 6. The maximum absolute atomic E-state index is 14.2. The Balaban J connectivity index is 0.000000379. The number of amides is 3. The van der Waals surface area contributed by atoms with E-state index in [1.807, 2.05) is 32.9 Å². The summed E-state index contributed by atoms with van der Waals surface area (Å²) in [6, 6.07) is 14.0. The number of halogens is 8. The molecule has 2 aromatic rings. The van der Waals surface area contributed by atoms with Crippen molar-refractivity contribution in [3.8, 4) is 0 Å². The summed E-state index contributed by atoms with van der Waals surface area (Å²) in [5, 5.41) is 23.4. The molecule has 0 spiro atoms. The van der Waals surface area contributed by atoms with Crippen LogP contribution in [0.2, 0.25) is 0 Å². The Morgan fingerprint density at radius 1 is 0.671 bits per heavy atom. The van der Waals surface area contributed by atoms with Crippen molar-refractivity contribution in [1.82, 2.24) is 25.8 Å². The minimum Gasteiger partial charge on any atom is -0.475 e. The normalized spacial score (nSPS) is 19.0. The number of alkyl carbamates (subject to hydrolysis) is 1. The highest BCUT2D eigenvalue weighted by Gasteiger charge is 2.39. The Morgan fingerprint density at radius 3 is 1.43 bits per heavy atom. The zero-order valence-corrected chi connectivity index (χ0v) is 39.2. The fourth-order valence-corrected chi connectivity index (χ4v) is 7.59. The summed E-state index contributed by atoms with van der Waals surface area (Å²) in [5.41, 5.74) is 6.89. The van der Waals surface area contributed by atoms with Crippen LogP contribution in [0.1, 0.15) is 104 Å². The third kappa shape index (κ3) is 24.2. The van der Waals surface area contributed by atoms with Crippen LogP contribution in [0, 0.1) is 23.5 Å². The molecule has 7 N–H and O–H groups in total. The number of rotatable bonds is 17. The van der Waals surface area contributed by atoms with Crippen molar-refractivity contribution in [3.05, 3.63) is 71.3 Å². The minimum atomic E-state index is -5.08. The summed E-state index contributed by atoms with van der Waals surface area (Å²) in [6.07, 6.45) is 0.431. The van der Waals surface area contributed by atoms with Gasteiger partial charge in [-0.3, -0.25) is 19.4 Å². The monoisotopic (exact) mass is 1010 g/mol. The summed E-state index contributed by atoms with van der Waals surface area (Å²) in [5.74, 6) is -5.06. The Morgan fingerprint density at radius 2 is 1.06 bits per heavy atom. The smallest absolute Gasteiger partial charge is 0.475 e. The lowest BCUT2D eigenvalue weighted by atomic mass is 10.0. The van der Waals surface area contributed by atoms with E-state index in [-0.39, 0.29) is 54.8 Å². The first kappa shape index (κ1) is 61.0. The lowest BCUT2D eigenvalue weighted by Crippen LogP contribution is -2.44. The van der Waals surface area contributed by atoms with Crippen molar-refractivity contribution in [1.29, 1.82) is 0 Å². The number of hydrogen-bond donors (Lipinski definition) is 6. The SMILES string of the molecule is C.CC(C)(C)OC(=O)N[C@@H](CCN1CCC[C@H]1CNC(=O)C1CC1)Cc1ccccc1F.N[C@@H](CCN1CCC[C@H]1CNC(=O)C1CC1)Cc1ccccc1F.O=C(O)C(F)(F)F.O=C(O)C(F)(F)F. The van der Waals surface area contributed by atoms with Crippen LogP contribution in [-0.2, 0) is 36.8 Å². The Kier molecular flexibility index (Phi) is 25.0. The molecule has 3 amide bonds.